The van der Waals surface area contributed by atoms with Crippen molar-refractivity contribution in [3.8, 4) is 0 Å². The van der Waals surface area contributed by atoms with Crippen LogP contribution in [0.5, 0.6) is 0 Å². The number of thioether (sulfide) groups is 1. The summed E-state index contributed by atoms with van der Waals surface area (Å²) < 4.78 is 6.40. The maximum absolute atomic E-state index is 12.4. The van der Waals surface area contributed by atoms with E-state index < -0.39 is 0 Å². The number of rotatable bonds is 7. The second kappa shape index (κ2) is 9.03. The topological polar surface area (TPSA) is 76.1 Å². The molecule has 2 aliphatic rings. The van der Waals surface area contributed by atoms with Crippen LogP contribution in [0.4, 0.5) is 5.13 Å². The Morgan fingerprint density at radius 2 is 2.19 bits per heavy atom. The lowest BCUT2D eigenvalue weighted by molar-refractivity contribution is -0.119. The zero-order chi connectivity index (χ0) is 18.5. The van der Waals surface area contributed by atoms with E-state index in [0.29, 0.717) is 5.75 Å². The molecule has 2 atom stereocenters. The van der Waals surface area contributed by atoms with Gasteiger partial charge in [-0.25, -0.2) is 0 Å². The molecule has 2 N–H and O–H groups in total. The smallest absolute Gasteiger partial charge is 0.230 e. The quantitative estimate of drug-likeness (QED) is 0.689. The van der Waals surface area contributed by atoms with Crippen molar-refractivity contribution in [2.45, 2.75) is 48.6 Å². The van der Waals surface area contributed by atoms with Crippen molar-refractivity contribution in [2.75, 3.05) is 24.2 Å². The van der Waals surface area contributed by atoms with Gasteiger partial charge >= 0.3 is 0 Å². The van der Waals surface area contributed by atoms with Gasteiger partial charge in [-0.05, 0) is 43.2 Å². The molecule has 1 aliphatic carbocycles. The minimum Gasteiger partial charge on any atom is -0.376 e. The van der Waals surface area contributed by atoms with E-state index >= 15 is 0 Å². The molecule has 144 valence electrons. The number of aryl methyl sites for hydroxylation is 1. The lowest BCUT2D eigenvalue weighted by atomic mass is 9.88. The van der Waals surface area contributed by atoms with Crippen molar-refractivity contribution in [1.29, 1.82) is 0 Å². The summed E-state index contributed by atoms with van der Waals surface area (Å²) in [5.74, 6) is 0.407. The second-order valence-electron chi connectivity index (χ2n) is 6.89. The molecular weight excluding hydrogens is 380 g/mol. The number of anilines is 1. The van der Waals surface area contributed by atoms with E-state index in [2.05, 4.69) is 39.0 Å². The zero-order valence-corrected chi connectivity index (χ0v) is 16.8. The van der Waals surface area contributed by atoms with Crippen LogP contribution in [0.1, 0.15) is 42.9 Å². The minimum absolute atomic E-state index is 0.0470. The monoisotopic (exact) mass is 404 g/mol. The van der Waals surface area contributed by atoms with Crippen LogP contribution in [0.3, 0.4) is 0 Å². The molecule has 2 aromatic rings. The molecule has 1 saturated heterocycles. The zero-order valence-electron chi connectivity index (χ0n) is 15.1. The number of carbonyl (C=O) groups excluding carboxylic acids is 1. The summed E-state index contributed by atoms with van der Waals surface area (Å²) in [4.78, 5) is 12.4. The van der Waals surface area contributed by atoms with Crippen molar-refractivity contribution >= 4 is 34.1 Å². The van der Waals surface area contributed by atoms with Crippen molar-refractivity contribution in [3.63, 3.8) is 0 Å². The fourth-order valence-electron chi connectivity index (χ4n) is 3.61. The molecule has 4 rings (SSSR count). The van der Waals surface area contributed by atoms with Crippen molar-refractivity contribution < 1.29 is 9.53 Å². The predicted molar refractivity (Wildman–Crippen MR) is 108 cm³/mol. The molecule has 1 aliphatic heterocycles. The van der Waals surface area contributed by atoms with E-state index in [4.69, 9.17) is 4.74 Å². The fraction of sp³-hybridized carbons (Fsp3) is 0.526. The molecule has 0 radical (unpaired) electrons. The van der Waals surface area contributed by atoms with Gasteiger partial charge in [0.2, 0.25) is 11.0 Å². The summed E-state index contributed by atoms with van der Waals surface area (Å²) in [6.07, 6.45) is 5.72. The highest BCUT2D eigenvalue weighted by molar-refractivity contribution is 8.01. The van der Waals surface area contributed by atoms with Crippen LogP contribution >= 0.6 is 23.1 Å². The van der Waals surface area contributed by atoms with Gasteiger partial charge in [0, 0.05) is 13.2 Å². The average Bonchev–Trinajstić information content (AvgIpc) is 3.37. The summed E-state index contributed by atoms with van der Waals surface area (Å²) in [6, 6.07) is 8.53. The Kier molecular flexibility index (Phi) is 6.26. The highest BCUT2D eigenvalue weighted by Gasteiger charge is 2.21. The standard InChI is InChI=1S/C19H24N4O2S2/c24-17(21-16-9-3-6-13-5-1-2-8-15(13)16)12-26-19-23-22-18(27-19)20-11-14-7-4-10-25-14/h1-2,5,8,14,16H,3-4,6-7,9-12H2,(H,20,22)(H,21,24). The Hall–Kier alpha value is -1.64. The van der Waals surface area contributed by atoms with Gasteiger partial charge < -0.3 is 15.4 Å². The molecule has 1 amide bonds. The van der Waals surface area contributed by atoms with Crippen LogP contribution in [0, 0.1) is 0 Å². The number of carbonyl (C=O) groups is 1. The number of nitrogens with one attached hydrogen (secondary N) is 2. The minimum atomic E-state index is 0.0470. The third-order valence-electron chi connectivity index (χ3n) is 4.94. The van der Waals surface area contributed by atoms with Gasteiger partial charge in [0.25, 0.3) is 0 Å². The maximum Gasteiger partial charge on any atom is 0.230 e. The number of nitrogens with zero attached hydrogens (tertiary/aromatic N) is 2. The first kappa shape index (κ1) is 18.7. The van der Waals surface area contributed by atoms with E-state index in [0.717, 1.165) is 54.7 Å². The van der Waals surface area contributed by atoms with E-state index in [-0.39, 0.29) is 18.1 Å². The van der Waals surface area contributed by atoms with Crippen LogP contribution in [-0.2, 0) is 16.0 Å². The van der Waals surface area contributed by atoms with Crippen molar-refractivity contribution in [2.24, 2.45) is 0 Å². The number of fused-ring (bicyclic) bond motifs is 1. The fourth-order valence-corrected chi connectivity index (χ4v) is 5.18. The predicted octanol–water partition coefficient (Wildman–Crippen LogP) is 3.41. The van der Waals surface area contributed by atoms with E-state index in [1.54, 1.807) is 0 Å². The molecule has 2 heterocycles. The Morgan fingerprint density at radius 1 is 1.26 bits per heavy atom. The van der Waals surface area contributed by atoms with E-state index in [1.165, 1.54) is 34.2 Å². The van der Waals surface area contributed by atoms with Gasteiger partial charge in [0.05, 0.1) is 17.9 Å². The molecular formula is C19H24N4O2S2. The number of hydrogen-bond donors (Lipinski definition) is 2. The maximum atomic E-state index is 12.4. The van der Waals surface area contributed by atoms with Gasteiger partial charge in [-0.15, -0.1) is 10.2 Å². The molecule has 6 nitrogen and oxygen atoms in total. The molecule has 8 heteroatoms. The van der Waals surface area contributed by atoms with Gasteiger partial charge in [-0.2, -0.15) is 0 Å². The van der Waals surface area contributed by atoms with Gasteiger partial charge in [0.15, 0.2) is 4.34 Å². The van der Waals surface area contributed by atoms with Crippen LogP contribution in [0.25, 0.3) is 0 Å². The van der Waals surface area contributed by atoms with Crippen LogP contribution in [0.2, 0.25) is 0 Å². The normalized spacial score (nSPS) is 21.6. The molecule has 0 bridgehead atoms. The number of amides is 1. The second-order valence-corrected chi connectivity index (χ2v) is 9.09. The molecule has 0 spiro atoms. The number of aromatic nitrogens is 2. The highest BCUT2D eigenvalue weighted by atomic mass is 32.2. The first-order valence-corrected chi connectivity index (χ1v) is 11.3. The van der Waals surface area contributed by atoms with Gasteiger partial charge in [-0.3, -0.25) is 4.79 Å². The Bertz CT molecular complexity index is 777. The average molecular weight is 405 g/mol. The molecule has 27 heavy (non-hydrogen) atoms. The SMILES string of the molecule is O=C(CSc1nnc(NCC2CCCO2)s1)NC1CCCc2ccccc21. The third kappa shape index (κ3) is 5.00. The number of benzene rings is 1. The Balaban J connectivity index is 1.24. The van der Waals surface area contributed by atoms with Gasteiger partial charge in [0.1, 0.15) is 0 Å². The molecule has 1 aromatic carbocycles. The van der Waals surface area contributed by atoms with E-state index in [1.807, 2.05) is 6.07 Å². The molecule has 2 unspecified atom stereocenters. The molecule has 1 aromatic heterocycles. The van der Waals surface area contributed by atoms with Gasteiger partial charge in [-0.1, -0.05) is 47.4 Å². The summed E-state index contributed by atoms with van der Waals surface area (Å²) in [5.41, 5.74) is 2.62. The lowest BCUT2D eigenvalue weighted by Gasteiger charge is -2.26. The van der Waals surface area contributed by atoms with Crippen LogP contribution in [-0.4, -0.2) is 41.1 Å². The van der Waals surface area contributed by atoms with E-state index in [9.17, 15) is 4.79 Å². The largest absolute Gasteiger partial charge is 0.376 e. The molecule has 1 fully saturated rings. The van der Waals surface area contributed by atoms with Crippen molar-refractivity contribution in [3.05, 3.63) is 35.4 Å². The number of hydrogen-bond acceptors (Lipinski definition) is 7. The Morgan fingerprint density at radius 3 is 3.07 bits per heavy atom. The lowest BCUT2D eigenvalue weighted by Crippen LogP contribution is -2.32. The first-order chi connectivity index (χ1) is 13.3. The third-order valence-corrected chi connectivity index (χ3v) is 6.96. The Labute approximate surface area is 167 Å². The highest BCUT2D eigenvalue weighted by Crippen LogP contribution is 2.30. The van der Waals surface area contributed by atoms with Crippen LogP contribution < -0.4 is 10.6 Å². The van der Waals surface area contributed by atoms with Crippen molar-refractivity contribution in [1.82, 2.24) is 15.5 Å². The summed E-state index contributed by atoms with van der Waals surface area (Å²) in [7, 11) is 0. The number of ether oxygens (including phenoxy) is 1. The molecule has 0 saturated carbocycles. The summed E-state index contributed by atoms with van der Waals surface area (Å²) >= 11 is 2.93. The first-order valence-electron chi connectivity index (χ1n) is 9.47. The summed E-state index contributed by atoms with van der Waals surface area (Å²) in [6.45, 7) is 1.62. The summed E-state index contributed by atoms with van der Waals surface area (Å²) in [5, 5.41) is 15.6. The van der Waals surface area contributed by atoms with Crippen LogP contribution in [0.15, 0.2) is 28.6 Å².